The van der Waals surface area contributed by atoms with E-state index in [2.05, 4.69) is 5.32 Å². The molecule has 84 valence electrons. The lowest BCUT2D eigenvalue weighted by Crippen LogP contribution is -2.32. The van der Waals surface area contributed by atoms with Gasteiger partial charge in [0, 0.05) is 18.0 Å². The molecule has 2 aliphatic heterocycles. The number of carboxylic acids is 1. The number of nitrogens with one attached hydrogen (secondary N) is 1. The predicted molar refractivity (Wildman–Crippen MR) is 60.3 cm³/mol. The van der Waals surface area contributed by atoms with Crippen LogP contribution in [0.15, 0.2) is 30.3 Å². The van der Waals surface area contributed by atoms with Crippen molar-refractivity contribution in [2.45, 2.75) is 30.8 Å². The fraction of sp³-hybridized carbons (Fsp3) is 0.462. The average Bonchev–Trinajstić information content (AvgIpc) is 2.89. The van der Waals surface area contributed by atoms with Gasteiger partial charge in [-0.3, -0.25) is 4.79 Å². The van der Waals surface area contributed by atoms with Crippen LogP contribution in [0, 0.1) is 5.92 Å². The highest BCUT2D eigenvalue weighted by atomic mass is 16.4. The van der Waals surface area contributed by atoms with Crippen LogP contribution in [0.5, 0.6) is 0 Å². The van der Waals surface area contributed by atoms with Gasteiger partial charge in [0.25, 0.3) is 0 Å². The smallest absolute Gasteiger partial charge is 0.308 e. The van der Waals surface area contributed by atoms with Gasteiger partial charge in [-0.15, -0.1) is 0 Å². The number of carboxylic acid groups (broad SMARTS) is 1. The summed E-state index contributed by atoms with van der Waals surface area (Å²) in [5.41, 5.74) is 1.16. The van der Waals surface area contributed by atoms with Gasteiger partial charge >= 0.3 is 5.97 Å². The molecule has 0 aliphatic carbocycles. The fourth-order valence-corrected chi connectivity index (χ4v) is 3.31. The maximum absolute atomic E-state index is 11.3. The molecule has 2 N–H and O–H groups in total. The summed E-state index contributed by atoms with van der Waals surface area (Å²) >= 11 is 0. The summed E-state index contributed by atoms with van der Waals surface area (Å²) in [6.45, 7) is 0. The molecule has 3 nitrogen and oxygen atoms in total. The molecule has 2 bridgehead atoms. The quantitative estimate of drug-likeness (QED) is 0.791. The van der Waals surface area contributed by atoms with Gasteiger partial charge in [-0.1, -0.05) is 30.3 Å². The van der Waals surface area contributed by atoms with E-state index in [1.54, 1.807) is 0 Å². The van der Waals surface area contributed by atoms with Crippen LogP contribution in [0.2, 0.25) is 0 Å². The summed E-state index contributed by atoms with van der Waals surface area (Å²) < 4.78 is 0. The molecule has 2 heterocycles. The highest BCUT2D eigenvalue weighted by Crippen LogP contribution is 2.44. The average molecular weight is 217 g/mol. The molecule has 0 aromatic heterocycles. The van der Waals surface area contributed by atoms with Crippen LogP contribution >= 0.6 is 0 Å². The molecule has 2 saturated heterocycles. The van der Waals surface area contributed by atoms with E-state index in [-0.39, 0.29) is 17.9 Å². The first-order valence-corrected chi connectivity index (χ1v) is 5.81. The third kappa shape index (κ3) is 1.35. The Morgan fingerprint density at radius 1 is 1.19 bits per heavy atom. The van der Waals surface area contributed by atoms with Crippen LogP contribution in [0.4, 0.5) is 0 Å². The van der Waals surface area contributed by atoms with Gasteiger partial charge in [-0.05, 0) is 18.4 Å². The Morgan fingerprint density at radius 3 is 2.56 bits per heavy atom. The van der Waals surface area contributed by atoms with E-state index in [4.69, 9.17) is 0 Å². The van der Waals surface area contributed by atoms with Gasteiger partial charge in [0.1, 0.15) is 0 Å². The number of fused-ring (bicyclic) bond motifs is 2. The SMILES string of the molecule is O=C(O)C1C2CCC(N2)C1c1ccccc1. The van der Waals surface area contributed by atoms with E-state index in [9.17, 15) is 9.90 Å². The maximum Gasteiger partial charge on any atom is 0.308 e. The van der Waals surface area contributed by atoms with Crippen molar-refractivity contribution in [3.8, 4) is 0 Å². The summed E-state index contributed by atoms with van der Waals surface area (Å²) in [5.74, 6) is -0.757. The zero-order chi connectivity index (χ0) is 11.1. The van der Waals surface area contributed by atoms with E-state index in [0.717, 1.165) is 18.4 Å². The summed E-state index contributed by atoms with van der Waals surface area (Å²) in [5, 5.41) is 12.8. The first-order valence-electron chi connectivity index (χ1n) is 5.81. The lowest BCUT2D eigenvalue weighted by atomic mass is 9.75. The summed E-state index contributed by atoms with van der Waals surface area (Å²) in [6, 6.07) is 10.6. The van der Waals surface area contributed by atoms with Crippen LogP contribution in [-0.4, -0.2) is 23.2 Å². The van der Waals surface area contributed by atoms with Crippen molar-refractivity contribution in [1.29, 1.82) is 0 Å². The molecule has 0 saturated carbocycles. The van der Waals surface area contributed by atoms with Crippen molar-refractivity contribution in [2.24, 2.45) is 5.92 Å². The molecule has 4 atom stereocenters. The minimum atomic E-state index is -0.659. The molecule has 0 radical (unpaired) electrons. The maximum atomic E-state index is 11.3. The summed E-state index contributed by atoms with van der Waals surface area (Å²) in [7, 11) is 0. The molecular formula is C13H15NO2. The van der Waals surface area contributed by atoms with Crippen molar-refractivity contribution in [3.63, 3.8) is 0 Å². The first kappa shape index (κ1) is 9.85. The lowest BCUT2D eigenvalue weighted by molar-refractivity contribution is -0.142. The van der Waals surface area contributed by atoms with Crippen LogP contribution in [-0.2, 0) is 4.79 Å². The standard InChI is InChI=1S/C13H15NO2/c15-13(16)12-10-7-6-9(14-10)11(12)8-4-2-1-3-5-8/h1-5,9-12,14H,6-7H2,(H,15,16). The third-order valence-corrected chi connectivity index (χ3v) is 3.94. The van der Waals surface area contributed by atoms with Crippen molar-refractivity contribution in [3.05, 3.63) is 35.9 Å². The monoisotopic (exact) mass is 217 g/mol. The zero-order valence-electron chi connectivity index (χ0n) is 8.97. The molecule has 1 aromatic rings. The Balaban J connectivity index is 1.97. The highest BCUT2D eigenvalue weighted by Gasteiger charge is 2.51. The minimum Gasteiger partial charge on any atom is -0.481 e. The molecule has 0 spiro atoms. The fourth-order valence-electron chi connectivity index (χ4n) is 3.31. The van der Waals surface area contributed by atoms with Gasteiger partial charge in [-0.25, -0.2) is 0 Å². The molecule has 2 fully saturated rings. The number of hydrogen-bond donors (Lipinski definition) is 2. The molecule has 3 rings (SSSR count). The molecule has 2 aliphatic rings. The van der Waals surface area contributed by atoms with E-state index < -0.39 is 5.97 Å². The van der Waals surface area contributed by atoms with E-state index >= 15 is 0 Å². The molecule has 16 heavy (non-hydrogen) atoms. The van der Waals surface area contributed by atoms with Gasteiger partial charge in [0.15, 0.2) is 0 Å². The van der Waals surface area contributed by atoms with Gasteiger partial charge in [0.05, 0.1) is 5.92 Å². The second-order valence-electron chi connectivity index (χ2n) is 4.76. The van der Waals surface area contributed by atoms with Crippen molar-refractivity contribution in [1.82, 2.24) is 5.32 Å². The Kier molecular flexibility index (Phi) is 2.21. The number of carbonyl (C=O) groups is 1. The summed E-state index contributed by atoms with van der Waals surface area (Å²) in [6.07, 6.45) is 2.11. The van der Waals surface area contributed by atoms with Gasteiger partial charge in [0.2, 0.25) is 0 Å². The van der Waals surface area contributed by atoms with E-state index in [1.165, 1.54) is 0 Å². The van der Waals surface area contributed by atoms with Crippen LogP contribution in [0.1, 0.15) is 24.3 Å². The Morgan fingerprint density at radius 2 is 1.88 bits per heavy atom. The van der Waals surface area contributed by atoms with E-state index in [1.807, 2.05) is 30.3 Å². The normalized spacial score (nSPS) is 36.5. The van der Waals surface area contributed by atoms with Gasteiger partial charge in [-0.2, -0.15) is 0 Å². The second kappa shape index (κ2) is 3.59. The van der Waals surface area contributed by atoms with Crippen molar-refractivity contribution >= 4 is 5.97 Å². The lowest BCUT2D eigenvalue weighted by Gasteiger charge is -2.26. The summed E-state index contributed by atoms with van der Waals surface area (Å²) in [4.78, 5) is 11.3. The second-order valence-corrected chi connectivity index (χ2v) is 4.76. The number of hydrogen-bond acceptors (Lipinski definition) is 2. The first-order chi connectivity index (χ1) is 7.77. The van der Waals surface area contributed by atoms with Gasteiger partial charge < -0.3 is 10.4 Å². The van der Waals surface area contributed by atoms with Crippen LogP contribution < -0.4 is 5.32 Å². The Hall–Kier alpha value is -1.35. The Bertz CT molecular complexity index is 404. The topological polar surface area (TPSA) is 49.3 Å². The largest absolute Gasteiger partial charge is 0.481 e. The van der Waals surface area contributed by atoms with Crippen molar-refractivity contribution < 1.29 is 9.90 Å². The molecule has 1 aromatic carbocycles. The molecule has 3 heteroatoms. The molecule has 0 amide bonds. The highest BCUT2D eigenvalue weighted by molar-refractivity contribution is 5.73. The third-order valence-electron chi connectivity index (χ3n) is 3.94. The van der Waals surface area contributed by atoms with Crippen LogP contribution in [0.3, 0.4) is 0 Å². The number of aliphatic carboxylic acids is 1. The molecular weight excluding hydrogens is 202 g/mol. The number of benzene rings is 1. The minimum absolute atomic E-state index is 0.150. The Labute approximate surface area is 94.5 Å². The predicted octanol–water partition coefficient (Wildman–Crippen LogP) is 1.61. The number of rotatable bonds is 2. The zero-order valence-corrected chi connectivity index (χ0v) is 8.97. The van der Waals surface area contributed by atoms with Crippen molar-refractivity contribution in [2.75, 3.05) is 0 Å². The van der Waals surface area contributed by atoms with Crippen LogP contribution in [0.25, 0.3) is 0 Å². The van der Waals surface area contributed by atoms with E-state index in [0.29, 0.717) is 6.04 Å². The molecule has 4 unspecified atom stereocenters.